The van der Waals surface area contributed by atoms with Crippen LogP contribution in [-0.4, -0.2) is 18.9 Å². The zero-order valence-corrected chi connectivity index (χ0v) is 18.8. The number of esters is 1. The van der Waals surface area contributed by atoms with Gasteiger partial charge in [0.15, 0.2) is 5.76 Å². The van der Waals surface area contributed by atoms with E-state index >= 15 is 0 Å². The second kappa shape index (κ2) is 9.07. The molecule has 4 rings (SSSR count). The number of carbonyl (C=O) groups excluding carboxylic acids is 2. The van der Waals surface area contributed by atoms with Gasteiger partial charge in [-0.05, 0) is 60.0 Å². The number of aryl methyl sites for hydroxylation is 1. The predicted molar refractivity (Wildman–Crippen MR) is 123 cm³/mol. The van der Waals surface area contributed by atoms with E-state index in [9.17, 15) is 9.59 Å². The lowest BCUT2D eigenvalue weighted by atomic mass is 10.0. The first-order chi connectivity index (χ1) is 15.3. The number of hydrogen-bond donors (Lipinski definition) is 0. The van der Waals surface area contributed by atoms with Crippen LogP contribution in [-0.2, 0) is 11.2 Å². The lowest BCUT2D eigenvalue weighted by Crippen LogP contribution is -2.11. The maximum atomic E-state index is 12.8. The third-order valence-electron chi connectivity index (χ3n) is 4.93. The molecule has 5 nitrogen and oxygen atoms in total. The van der Waals surface area contributed by atoms with Gasteiger partial charge in [-0.2, -0.15) is 0 Å². The number of allylic oxidation sites excluding steroid dienone is 1. The number of ketones is 1. The van der Waals surface area contributed by atoms with Crippen molar-refractivity contribution in [2.24, 2.45) is 0 Å². The van der Waals surface area contributed by atoms with Crippen LogP contribution in [0.1, 0.15) is 27.0 Å². The quantitative estimate of drug-likeness (QED) is 0.258. The molecule has 0 radical (unpaired) electrons. The van der Waals surface area contributed by atoms with E-state index in [0.29, 0.717) is 44.0 Å². The molecule has 0 bridgehead atoms. The average molecular weight is 469 g/mol. The molecular weight excluding hydrogens is 451 g/mol. The second-order valence-electron chi connectivity index (χ2n) is 7.22. The smallest absolute Gasteiger partial charge is 0.315 e. The molecule has 0 fully saturated rings. The number of carbonyl (C=O) groups is 2. The number of hydrogen-bond acceptors (Lipinski definition) is 5. The van der Waals surface area contributed by atoms with Gasteiger partial charge in [0.2, 0.25) is 5.78 Å². The average Bonchev–Trinajstić information content (AvgIpc) is 3.06. The fraction of sp³-hybridized carbons (Fsp3) is 0.120. The van der Waals surface area contributed by atoms with Crippen LogP contribution in [0.2, 0.25) is 10.0 Å². The molecule has 1 heterocycles. The summed E-state index contributed by atoms with van der Waals surface area (Å²) in [5, 5.41) is 0.901. The lowest BCUT2D eigenvalue weighted by Gasteiger charge is -2.08. The Morgan fingerprint density at radius 1 is 1.03 bits per heavy atom. The fourth-order valence-electron chi connectivity index (χ4n) is 3.37. The summed E-state index contributed by atoms with van der Waals surface area (Å²) < 4.78 is 16.4. The van der Waals surface area contributed by atoms with Crippen molar-refractivity contribution in [1.29, 1.82) is 0 Å². The van der Waals surface area contributed by atoms with E-state index in [1.807, 2.05) is 0 Å². The van der Waals surface area contributed by atoms with E-state index in [1.54, 1.807) is 68.6 Å². The summed E-state index contributed by atoms with van der Waals surface area (Å²) in [5.74, 6) is 0.787. The summed E-state index contributed by atoms with van der Waals surface area (Å²) in [4.78, 5) is 25.2. The highest BCUT2D eigenvalue weighted by Gasteiger charge is 2.30. The van der Waals surface area contributed by atoms with Gasteiger partial charge in [0.1, 0.15) is 17.2 Å². The lowest BCUT2D eigenvalue weighted by molar-refractivity contribution is -0.133. The minimum absolute atomic E-state index is 0.0974. The summed E-state index contributed by atoms with van der Waals surface area (Å²) in [6.07, 6.45) is 1.66. The molecule has 32 heavy (non-hydrogen) atoms. The van der Waals surface area contributed by atoms with Gasteiger partial charge in [0.25, 0.3) is 0 Å². The largest absolute Gasteiger partial charge is 0.497 e. The van der Waals surface area contributed by atoms with E-state index in [2.05, 4.69) is 0 Å². The fourth-order valence-corrected chi connectivity index (χ4v) is 3.84. The van der Waals surface area contributed by atoms with Crippen LogP contribution in [0.3, 0.4) is 0 Å². The molecule has 162 valence electrons. The predicted octanol–water partition coefficient (Wildman–Crippen LogP) is 6.07. The van der Waals surface area contributed by atoms with E-state index in [0.717, 1.165) is 5.56 Å². The summed E-state index contributed by atoms with van der Waals surface area (Å²) >= 11 is 12.1. The minimum atomic E-state index is -0.428. The molecule has 0 atom stereocenters. The zero-order valence-electron chi connectivity index (χ0n) is 17.3. The van der Waals surface area contributed by atoms with Gasteiger partial charge in [0.05, 0.1) is 19.1 Å². The Bertz CT molecular complexity index is 1250. The van der Waals surface area contributed by atoms with Crippen molar-refractivity contribution in [3.63, 3.8) is 0 Å². The van der Waals surface area contributed by atoms with E-state index in [-0.39, 0.29) is 18.0 Å². The van der Waals surface area contributed by atoms with Crippen LogP contribution in [0.25, 0.3) is 6.08 Å². The maximum Gasteiger partial charge on any atom is 0.315 e. The number of benzene rings is 3. The Morgan fingerprint density at radius 2 is 1.78 bits per heavy atom. The number of methoxy groups -OCH3 is 1. The van der Waals surface area contributed by atoms with Crippen molar-refractivity contribution >= 4 is 41.0 Å². The normalized spacial score (nSPS) is 13.6. The van der Waals surface area contributed by atoms with Crippen molar-refractivity contribution in [3.8, 4) is 17.2 Å². The number of halogens is 2. The summed E-state index contributed by atoms with van der Waals surface area (Å²) in [5.41, 5.74) is 2.47. The van der Waals surface area contributed by atoms with Crippen molar-refractivity contribution in [1.82, 2.24) is 0 Å². The molecule has 1 aliphatic rings. The van der Waals surface area contributed by atoms with Crippen molar-refractivity contribution in [2.45, 2.75) is 13.3 Å². The molecule has 0 saturated carbocycles. The molecule has 0 N–H and O–H groups in total. The van der Waals surface area contributed by atoms with E-state index in [4.69, 9.17) is 37.4 Å². The van der Waals surface area contributed by atoms with Gasteiger partial charge >= 0.3 is 5.97 Å². The number of rotatable bonds is 5. The molecule has 1 aliphatic heterocycles. The zero-order chi connectivity index (χ0) is 22.8. The van der Waals surface area contributed by atoms with Crippen LogP contribution in [0.4, 0.5) is 0 Å². The molecule has 0 aromatic heterocycles. The Labute approximate surface area is 195 Å². The number of ether oxygens (including phenoxy) is 3. The highest BCUT2D eigenvalue weighted by molar-refractivity contribution is 6.35. The highest BCUT2D eigenvalue weighted by Crippen LogP contribution is 2.38. The molecule has 0 saturated heterocycles. The molecule has 3 aromatic rings. The summed E-state index contributed by atoms with van der Waals surface area (Å²) in [6, 6.07) is 15.3. The van der Waals surface area contributed by atoms with Gasteiger partial charge in [-0.25, -0.2) is 0 Å². The topological polar surface area (TPSA) is 61.8 Å². The van der Waals surface area contributed by atoms with Gasteiger partial charge < -0.3 is 14.2 Å². The number of fused-ring (bicyclic) bond motifs is 1. The molecule has 0 spiro atoms. The van der Waals surface area contributed by atoms with Crippen LogP contribution in [0.5, 0.6) is 17.2 Å². The van der Waals surface area contributed by atoms with Crippen LogP contribution in [0.15, 0.2) is 60.4 Å². The van der Waals surface area contributed by atoms with Crippen molar-refractivity contribution < 1.29 is 23.8 Å². The van der Waals surface area contributed by atoms with Crippen LogP contribution >= 0.6 is 23.2 Å². The third-order valence-corrected chi connectivity index (χ3v) is 5.49. The van der Waals surface area contributed by atoms with E-state index in [1.165, 1.54) is 6.07 Å². The number of Topliss-reactive ketones (excluding diaryl/α,β-unsaturated/α-hetero) is 1. The Hall–Kier alpha value is -3.28. The SMILES string of the molecule is COc1ccc(CC(=O)Oc2cc(C)c3c(c2)O/C(=C\c2ccc(Cl)cc2Cl)C3=O)cc1. The highest BCUT2D eigenvalue weighted by atomic mass is 35.5. The third kappa shape index (κ3) is 4.64. The van der Waals surface area contributed by atoms with Crippen LogP contribution < -0.4 is 14.2 Å². The monoisotopic (exact) mass is 468 g/mol. The summed E-state index contributed by atoms with van der Waals surface area (Å²) in [6.45, 7) is 1.76. The Kier molecular flexibility index (Phi) is 6.21. The van der Waals surface area contributed by atoms with Gasteiger partial charge in [0, 0.05) is 16.1 Å². The minimum Gasteiger partial charge on any atom is -0.497 e. The van der Waals surface area contributed by atoms with Crippen molar-refractivity contribution in [2.75, 3.05) is 7.11 Å². The Balaban J connectivity index is 1.52. The Morgan fingerprint density at radius 3 is 2.47 bits per heavy atom. The van der Waals surface area contributed by atoms with Gasteiger partial charge in [-0.1, -0.05) is 41.4 Å². The standard InChI is InChI=1S/C25H18Cl2O5/c1-14-9-19(31-23(28)10-15-3-7-18(30-2)8-4-15)13-21-24(14)25(29)22(32-21)11-16-5-6-17(26)12-20(16)27/h3-9,11-13H,10H2,1-2H3/b22-11-. The molecule has 3 aromatic carbocycles. The molecule has 0 amide bonds. The second-order valence-corrected chi connectivity index (χ2v) is 8.06. The molecule has 0 unspecified atom stereocenters. The molecule has 0 aliphatic carbocycles. The van der Waals surface area contributed by atoms with Gasteiger partial charge in [-0.15, -0.1) is 0 Å². The van der Waals surface area contributed by atoms with Crippen LogP contribution in [0, 0.1) is 6.92 Å². The first kappa shape index (κ1) is 21.9. The summed E-state index contributed by atoms with van der Waals surface area (Å²) in [7, 11) is 1.58. The first-order valence-corrected chi connectivity index (χ1v) is 10.5. The van der Waals surface area contributed by atoms with E-state index < -0.39 is 5.97 Å². The molecule has 7 heteroatoms. The van der Waals surface area contributed by atoms with Gasteiger partial charge in [-0.3, -0.25) is 9.59 Å². The first-order valence-electron chi connectivity index (χ1n) is 9.71. The maximum absolute atomic E-state index is 12.8. The van der Waals surface area contributed by atoms with Crippen molar-refractivity contribution in [3.05, 3.63) is 92.7 Å². The molecular formula is C25H18Cl2O5.